The van der Waals surface area contributed by atoms with E-state index in [1.165, 1.54) is 38.5 Å². The fraction of sp³-hybridized carbons (Fsp3) is 0.692. The highest BCUT2D eigenvalue weighted by Crippen LogP contribution is 2.32. The molecule has 0 saturated heterocycles. The minimum atomic E-state index is 0.315. The first-order valence-corrected chi connectivity index (χ1v) is 6.60. The smallest absolute Gasteiger partial charge is 0.193 e. The third kappa shape index (κ3) is 3.02. The summed E-state index contributed by atoms with van der Waals surface area (Å²) < 4.78 is 5.48. The average molecular weight is 242 g/mol. The van der Waals surface area contributed by atoms with Gasteiger partial charge in [-0.1, -0.05) is 32.1 Å². The van der Waals surface area contributed by atoms with Gasteiger partial charge in [-0.3, -0.25) is 0 Å². The summed E-state index contributed by atoms with van der Waals surface area (Å²) in [6.45, 7) is 0. The molecule has 1 aromatic heterocycles. The van der Waals surface area contributed by atoms with Gasteiger partial charge in [0.1, 0.15) is 5.76 Å². The highest BCUT2D eigenvalue weighted by atomic mass is 35.5. The van der Waals surface area contributed by atoms with Crippen LogP contribution in [-0.4, -0.2) is 7.05 Å². The zero-order chi connectivity index (χ0) is 11.4. The van der Waals surface area contributed by atoms with Crippen LogP contribution in [0.5, 0.6) is 0 Å². The second-order valence-corrected chi connectivity index (χ2v) is 5.10. The number of nitrogens with one attached hydrogen (secondary N) is 1. The second-order valence-electron chi connectivity index (χ2n) is 4.72. The molecule has 0 amide bonds. The molecule has 1 saturated carbocycles. The van der Waals surface area contributed by atoms with Gasteiger partial charge in [0.15, 0.2) is 5.22 Å². The molecule has 16 heavy (non-hydrogen) atoms. The van der Waals surface area contributed by atoms with E-state index in [1.807, 2.05) is 19.2 Å². The van der Waals surface area contributed by atoms with Gasteiger partial charge in [-0.15, -0.1) is 0 Å². The molecule has 1 fully saturated rings. The van der Waals surface area contributed by atoms with E-state index in [1.54, 1.807) is 0 Å². The Morgan fingerprint density at radius 2 is 2.12 bits per heavy atom. The summed E-state index contributed by atoms with van der Waals surface area (Å²) in [7, 11) is 1.99. The van der Waals surface area contributed by atoms with E-state index >= 15 is 0 Å². The maximum Gasteiger partial charge on any atom is 0.193 e. The molecule has 0 bridgehead atoms. The summed E-state index contributed by atoms with van der Waals surface area (Å²) in [6.07, 6.45) is 8.09. The van der Waals surface area contributed by atoms with Crippen LogP contribution in [-0.2, 0) is 0 Å². The molecule has 90 valence electrons. The zero-order valence-electron chi connectivity index (χ0n) is 9.84. The Kier molecular flexibility index (Phi) is 4.30. The molecule has 0 aromatic carbocycles. The lowest BCUT2D eigenvalue weighted by atomic mass is 9.84. The van der Waals surface area contributed by atoms with Crippen molar-refractivity contribution in [1.82, 2.24) is 5.32 Å². The topological polar surface area (TPSA) is 25.2 Å². The van der Waals surface area contributed by atoms with Crippen molar-refractivity contribution in [3.63, 3.8) is 0 Å². The van der Waals surface area contributed by atoms with Crippen LogP contribution in [0.4, 0.5) is 0 Å². The highest BCUT2D eigenvalue weighted by molar-refractivity contribution is 6.28. The Morgan fingerprint density at radius 1 is 1.38 bits per heavy atom. The van der Waals surface area contributed by atoms with Crippen molar-refractivity contribution in [3.8, 4) is 0 Å². The predicted octanol–water partition coefficient (Wildman–Crippen LogP) is 4.16. The molecule has 3 heteroatoms. The Hall–Kier alpha value is -0.470. The first-order chi connectivity index (χ1) is 7.79. The van der Waals surface area contributed by atoms with Gasteiger partial charge < -0.3 is 9.73 Å². The van der Waals surface area contributed by atoms with E-state index in [0.717, 1.165) is 11.7 Å². The van der Waals surface area contributed by atoms with Gasteiger partial charge >= 0.3 is 0 Å². The zero-order valence-corrected chi connectivity index (χ0v) is 10.6. The summed E-state index contributed by atoms with van der Waals surface area (Å²) in [6, 6.07) is 4.12. The SMILES string of the molecule is CNC(CC1CCCCC1)c1ccc(Cl)o1. The number of hydrogen-bond acceptors (Lipinski definition) is 2. The molecule has 1 aliphatic rings. The molecule has 0 aliphatic heterocycles. The predicted molar refractivity (Wildman–Crippen MR) is 66.7 cm³/mol. The van der Waals surface area contributed by atoms with Gasteiger partial charge in [-0.25, -0.2) is 0 Å². The van der Waals surface area contributed by atoms with Crippen molar-refractivity contribution < 1.29 is 4.42 Å². The number of hydrogen-bond donors (Lipinski definition) is 1. The monoisotopic (exact) mass is 241 g/mol. The maximum absolute atomic E-state index is 5.81. The van der Waals surface area contributed by atoms with Crippen LogP contribution in [0.2, 0.25) is 5.22 Å². The van der Waals surface area contributed by atoms with Crippen molar-refractivity contribution in [2.45, 2.75) is 44.6 Å². The fourth-order valence-corrected chi connectivity index (χ4v) is 2.80. The lowest BCUT2D eigenvalue weighted by Crippen LogP contribution is -2.20. The van der Waals surface area contributed by atoms with Crippen molar-refractivity contribution in [1.29, 1.82) is 0 Å². The minimum Gasteiger partial charge on any atom is -0.448 e. The van der Waals surface area contributed by atoms with Gasteiger partial charge in [-0.2, -0.15) is 0 Å². The molecule has 1 aliphatic carbocycles. The fourth-order valence-electron chi connectivity index (χ4n) is 2.65. The van der Waals surface area contributed by atoms with Crippen LogP contribution in [0.25, 0.3) is 0 Å². The third-order valence-corrected chi connectivity index (χ3v) is 3.78. The minimum absolute atomic E-state index is 0.315. The molecular weight excluding hydrogens is 222 g/mol. The summed E-state index contributed by atoms with van der Waals surface area (Å²) in [5.41, 5.74) is 0. The average Bonchev–Trinajstić information content (AvgIpc) is 2.74. The van der Waals surface area contributed by atoms with Crippen molar-refractivity contribution in [2.24, 2.45) is 5.92 Å². The molecule has 0 spiro atoms. The molecule has 1 atom stereocenters. The quantitative estimate of drug-likeness (QED) is 0.856. The molecule has 2 rings (SSSR count). The van der Waals surface area contributed by atoms with E-state index in [0.29, 0.717) is 11.3 Å². The Morgan fingerprint density at radius 3 is 2.69 bits per heavy atom. The summed E-state index contributed by atoms with van der Waals surface area (Å²) >= 11 is 5.81. The molecule has 2 nitrogen and oxygen atoms in total. The highest BCUT2D eigenvalue weighted by Gasteiger charge is 2.21. The van der Waals surface area contributed by atoms with E-state index in [9.17, 15) is 0 Å². The first kappa shape index (κ1) is 12.0. The van der Waals surface area contributed by atoms with E-state index < -0.39 is 0 Å². The van der Waals surface area contributed by atoms with E-state index in [4.69, 9.17) is 16.0 Å². The summed E-state index contributed by atoms with van der Waals surface area (Å²) in [5, 5.41) is 3.81. The lowest BCUT2D eigenvalue weighted by molar-refractivity contribution is 0.287. The van der Waals surface area contributed by atoms with Gasteiger partial charge in [0.25, 0.3) is 0 Å². The summed E-state index contributed by atoms with van der Waals surface area (Å²) in [5.74, 6) is 1.81. The largest absolute Gasteiger partial charge is 0.448 e. The molecule has 0 radical (unpaired) electrons. The molecular formula is C13H20ClNO. The van der Waals surface area contributed by atoms with Crippen LogP contribution >= 0.6 is 11.6 Å². The first-order valence-electron chi connectivity index (χ1n) is 6.22. The van der Waals surface area contributed by atoms with Crippen LogP contribution < -0.4 is 5.32 Å². The normalized spacial score (nSPS) is 19.9. The molecule has 1 heterocycles. The Bertz CT molecular complexity index is 317. The van der Waals surface area contributed by atoms with Crippen molar-refractivity contribution in [2.75, 3.05) is 7.05 Å². The molecule has 1 unspecified atom stereocenters. The van der Waals surface area contributed by atoms with Crippen LogP contribution in [0, 0.1) is 5.92 Å². The Balaban J connectivity index is 1.94. The standard InChI is InChI=1S/C13H20ClNO/c1-15-11(12-7-8-13(14)16-12)9-10-5-3-2-4-6-10/h7-8,10-11,15H,2-6,9H2,1H3. The number of halogens is 1. The van der Waals surface area contributed by atoms with Gasteiger partial charge in [0.05, 0.1) is 6.04 Å². The van der Waals surface area contributed by atoms with Crippen LogP contribution in [0.3, 0.4) is 0 Å². The van der Waals surface area contributed by atoms with Crippen LogP contribution in [0.15, 0.2) is 16.5 Å². The van der Waals surface area contributed by atoms with Crippen LogP contribution in [0.1, 0.15) is 50.3 Å². The van der Waals surface area contributed by atoms with Crippen molar-refractivity contribution in [3.05, 3.63) is 23.1 Å². The number of furan rings is 1. The molecule has 1 N–H and O–H groups in total. The maximum atomic E-state index is 5.81. The molecule has 1 aromatic rings. The third-order valence-electron chi connectivity index (χ3n) is 3.58. The van der Waals surface area contributed by atoms with E-state index in [2.05, 4.69) is 5.32 Å². The van der Waals surface area contributed by atoms with Gasteiger partial charge in [-0.05, 0) is 43.1 Å². The van der Waals surface area contributed by atoms with Crippen molar-refractivity contribution >= 4 is 11.6 Å². The Labute approximate surface area is 102 Å². The van der Waals surface area contributed by atoms with E-state index in [-0.39, 0.29) is 0 Å². The summed E-state index contributed by atoms with van der Waals surface area (Å²) in [4.78, 5) is 0. The van der Waals surface area contributed by atoms with Gasteiger partial charge in [0, 0.05) is 0 Å². The lowest BCUT2D eigenvalue weighted by Gasteiger charge is -2.25. The van der Waals surface area contributed by atoms with Gasteiger partial charge in [0.2, 0.25) is 0 Å². The second kappa shape index (κ2) is 5.74. The number of rotatable bonds is 4.